The first-order valence-corrected chi connectivity index (χ1v) is 10.9. The molecule has 1 fully saturated rings. The third-order valence-electron chi connectivity index (χ3n) is 6.22. The average molecular weight is 479 g/mol. The molecule has 2 heterocycles. The molecule has 0 spiro atoms. The number of anilines is 1. The molecular weight excluding hydrogens is 449 g/mol. The maximum Gasteiger partial charge on any atom is 0.417 e. The van der Waals surface area contributed by atoms with Crippen molar-refractivity contribution in [2.45, 2.75) is 32.6 Å². The zero-order valence-corrected chi connectivity index (χ0v) is 19.8. The summed E-state index contributed by atoms with van der Waals surface area (Å²) < 4.78 is 52.8. The van der Waals surface area contributed by atoms with E-state index in [-0.39, 0.29) is 18.6 Å². The van der Waals surface area contributed by atoms with Crippen LogP contribution in [-0.4, -0.2) is 68.5 Å². The molecule has 1 saturated heterocycles. The number of benzene rings is 1. The van der Waals surface area contributed by atoms with Gasteiger partial charge in [0, 0.05) is 57.5 Å². The molecule has 1 aromatic carbocycles. The number of aromatic nitrogens is 1. The third-order valence-corrected chi connectivity index (χ3v) is 6.22. The summed E-state index contributed by atoms with van der Waals surface area (Å²) in [5, 5.41) is 9.06. The van der Waals surface area contributed by atoms with E-state index < -0.39 is 17.3 Å². The van der Waals surface area contributed by atoms with E-state index in [0.29, 0.717) is 44.0 Å². The van der Waals surface area contributed by atoms with Gasteiger partial charge >= 0.3 is 6.18 Å². The van der Waals surface area contributed by atoms with Crippen molar-refractivity contribution in [3.8, 4) is 6.07 Å². The number of rotatable bonds is 7. The third kappa shape index (κ3) is 5.21. The van der Waals surface area contributed by atoms with Crippen LogP contribution in [0.25, 0.3) is 0 Å². The normalized spacial score (nSPS) is 16.6. The molecule has 0 saturated carbocycles. The fourth-order valence-corrected chi connectivity index (χ4v) is 4.45. The second-order valence-corrected chi connectivity index (χ2v) is 8.32. The SMILES string of the molecule is COCCn1c(C)cc(C(=O)N2CCN(c3ccc(C#N)c(C(F)(F)F)c3)CC2COC)c1C. The topological polar surface area (TPSA) is 70.7 Å². The number of hydrogen-bond donors (Lipinski definition) is 0. The van der Waals surface area contributed by atoms with Gasteiger partial charge in [-0.05, 0) is 38.1 Å². The Kier molecular flexibility index (Phi) is 7.89. The van der Waals surface area contributed by atoms with E-state index in [2.05, 4.69) is 0 Å². The maximum atomic E-state index is 13.5. The monoisotopic (exact) mass is 478 g/mol. The Morgan fingerprint density at radius 2 is 1.91 bits per heavy atom. The Balaban J connectivity index is 1.85. The molecule has 0 radical (unpaired) electrons. The van der Waals surface area contributed by atoms with Crippen molar-refractivity contribution in [2.75, 3.05) is 52.0 Å². The molecule has 1 aliphatic rings. The molecule has 184 valence electrons. The Morgan fingerprint density at radius 1 is 1.18 bits per heavy atom. The molecule has 1 aliphatic heterocycles. The van der Waals surface area contributed by atoms with Crippen LogP contribution < -0.4 is 4.90 Å². The molecule has 34 heavy (non-hydrogen) atoms. The van der Waals surface area contributed by atoms with E-state index in [4.69, 9.17) is 14.7 Å². The van der Waals surface area contributed by atoms with Gasteiger partial charge in [0.25, 0.3) is 5.91 Å². The molecule has 0 bridgehead atoms. The Labute approximate surface area is 197 Å². The minimum Gasteiger partial charge on any atom is -0.383 e. The van der Waals surface area contributed by atoms with Crippen LogP contribution in [0, 0.1) is 25.2 Å². The van der Waals surface area contributed by atoms with Crippen molar-refractivity contribution >= 4 is 11.6 Å². The van der Waals surface area contributed by atoms with Crippen molar-refractivity contribution in [3.05, 3.63) is 52.3 Å². The van der Waals surface area contributed by atoms with Gasteiger partial charge in [0.05, 0.1) is 42.0 Å². The van der Waals surface area contributed by atoms with E-state index in [1.54, 1.807) is 23.0 Å². The van der Waals surface area contributed by atoms with Gasteiger partial charge in [-0.25, -0.2) is 0 Å². The Bertz CT molecular complexity index is 1070. The van der Waals surface area contributed by atoms with Gasteiger partial charge in [-0.1, -0.05) is 0 Å². The number of aryl methyl sites for hydroxylation is 1. The van der Waals surface area contributed by atoms with Gasteiger partial charge in [-0.15, -0.1) is 0 Å². The molecule has 0 N–H and O–H groups in total. The van der Waals surface area contributed by atoms with Crippen molar-refractivity contribution in [2.24, 2.45) is 0 Å². The van der Waals surface area contributed by atoms with Crippen LogP contribution in [0.5, 0.6) is 0 Å². The predicted molar refractivity (Wildman–Crippen MR) is 121 cm³/mol. The van der Waals surface area contributed by atoms with Gasteiger partial charge < -0.3 is 23.8 Å². The molecule has 1 atom stereocenters. The molecular formula is C24H29F3N4O3. The summed E-state index contributed by atoms with van der Waals surface area (Å²) in [4.78, 5) is 17.0. The average Bonchev–Trinajstić information content (AvgIpc) is 3.09. The van der Waals surface area contributed by atoms with Crippen molar-refractivity contribution < 1.29 is 27.4 Å². The standard InChI is InChI=1S/C24H29F3N4O3/c1-16-11-21(17(2)30(16)9-10-33-3)23(32)31-8-7-29(14-20(31)15-34-4)19-6-5-18(13-28)22(12-19)24(25,26)27/h5-6,11-12,20H,7-10,14-15H2,1-4H3. The fraction of sp³-hybridized carbons (Fsp3) is 0.500. The first kappa shape index (κ1) is 25.6. The summed E-state index contributed by atoms with van der Waals surface area (Å²) in [5.74, 6) is -0.130. The van der Waals surface area contributed by atoms with Crippen LogP contribution in [0.15, 0.2) is 24.3 Å². The smallest absolute Gasteiger partial charge is 0.383 e. The number of carbonyl (C=O) groups is 1. The van der Waals surface area contributed by atoms with Crippen LogP contribution >= 0.6 is 0 Å². The second-order valence-electron chi connectivity index (χ2n) is 8.32. The minimum absolute atomic E-state index is 0.130. The zero-order valence-electron chi connectivity index (χ0n) is 19.8. The number of methoxy groups -OCH3 is 2. The summed E-state index contributed by atoms with van der Waals surface area (Å²) in [7, 11) is 3.16. The fourth-order valence-electron chi connectivity index (χ4n) is 4.45. The van der Waals surface area contributed by atoms with Crippen molar-refractivity contribution in [3.63, 3.8) is 0 Å². The second kappa shape index (κ2) is 10.5. The van der Waals surface area contributed by atoms with Gasteiger partial charge in [0.15, 0.2) is 0 Å². The van der Waals surface area contributed by atoms with Crippen LogP contribution in [0.3, 0.4) is 0 Å². The number of ether oxygens (including phenoxy) is 2. The molecule has 1 amide bonds. The van der Waals surface area contributed by atoms with Crippen LogP contribution in [0.1, 0.15) is 32.9 Å². The number of amides is 1. The minimum atomic E-state index is -4.63. The van der Waals surface area contributed by atoms with E-state index in [1.165, 1.54) is 19.2 Å². The first-order valence-electron chi connectivity index (χ1n) is 10.9. The summed E-state index contributed by atoms with van der Waals surface area (Å²) in [6.45, 7) is 6.24. The van der Waals surface area contributed by atoms with Gasteiger partial charge in [-0.3, -0.25) is 4.79 Å². The number of halogens is 3. The van der Waals surface area contributed by atoms with E-state index >= 15 is 0 Å². The van der Waals surface area contributed by atoms with Gasteiger partial charge in [0.2, 0.25) is 0 Å². The highest BCUT2D eigenvalue weighted by atomic mass is 19.4. The predicted octanol–water partition coefficient (Wildman–Crippen LogP) is 3.62. The Hall–Kier alpha value is -3.03. The van der Waals surface area contributed by atoms with Gasteiger partial charge in [-0.2, -0.15) is 18.4 Å². The van der Waals surface area contributed by atoms with Crippen molar-refractivity contribution in [1.29, 1.82) is 5.26 Å². The lowest BCUT2D eigenvalue weighted by Crippen LogP contribution is -2.57. The summed E-state index contributed by atoms with van der Waals surface area (Å²) in [6, 6.07) is 6.82. The Morgan fingerprint density at radius 3 is 2.53 bits per heavy atom. The molecule has 10 heteroatoms. The largest absolute Gasteiger partial charge is 0.417 e. The van der Waals surface area contributed by atoms with E-state index in [0.717, 1.165) is 17.5 Å². The molecule has 3 rings (SSSR count). The quantitative estimate of drug-likeness (QED) is 0.608. The summed E-state index contributed by atoms with van der Waals surface area (Å²) in [5.41, 5.74) is 1.38. The lowest BCUT2D eigenvalue weighted by atomic mass is 10.0. The molecule has 7 nitrogen and oxygen atoms in total. The van der Waals surface area contributed by atoms with Crippen molar-refractivity contribution in [1.82, 2.24) is 9.47 Å². The molecule has 1 unspecified atom stereocenters. The van der Waals surface area contributed by atoms with Crippen LogP contribution in [0.4, 0.5) is 18.9 Å². The van der Waals surface area contributed by atoms with Crippen LogP contribution in [0.2, 0.25) is 0 Å². The number of nitriles is 1. The number of carbonyl (C=O) groups excluding carboxylic acids is 1. The number of nitrogens with zero attached hydrogens (tertiary/aromatic N) is 4. The highest BCUT2D eigenvalue weighted by molar-refractivity contribution is 5.96. The lowest BCUT2D eigenvalue weighted by Gasteiger charge is -2.42. The van der Waals surface area contributed by atoms with Gasteiger partial charge in [0.1, 0.15) is 0 Å². The zero-order chi connectivity index (χ0) is 25.0. The molecule has 0 aliphatic carbocycles. The van der Waals surface area contributed by atoms with Crippen LogP contribution in [-0.2, 0) is 22.2 Å². The molecule has 1 aromatic heterocycles. The first-order chi connectivity index (χ1) is 16.1. The number of piperazine rings is 1. The highest BCUT2D eigenvalue weighted by Gasteiger charge is 2.36. The molecule has 2 aromatic rings. The highest BCUT2D eigenvalue weighted by Crippen LogP contribution is 2.35. The van der Waals surface area contributed by atoms with E-state index in [1.807, 2.05) is 24.5 Å². The summed E-state index contributed by atoms with van der Waals surface area (Å²) >= 11 is 0. The van der Waals surface area contributed by atoms with E-state index in [9.17, 15) is 18.0 Å². The number of alkyl halides is 3. The maximum absolute atomic E-state index is 13.5. The summed E-state index contributed by atoms with van der Waals surface area (Å²) in [6.07, 6.45) is -4.63. The lowest BCUT2D eigenvalue weighted by molar-refractivity contribution is -0.137. The number of hydrogen-bond acceptors (Lipinski definition) is 5.